The molecule has 1 heterocycles. The lowest BCUT2D eigenvalue weighted by Gasteiger charge is -2.36. The molecule has 1 aliphatic rings. The van der Waals surface area contributed by atoms with Gasteiger partial charge in [0.05, 0.1) is 18.3 Å². The third kappa shape index (κ3) is 3.41. The maximum atomic E-state index is 13.5. The monoisotopic (exact) mass is 283 g/mol. The number of benzene rings is 1. The summed E-state index contributed by atoms with van der Waals surface area (Å²) in [5.74, 6) is -2.40. The van der Waals surface area contributed by atoms with E-state index in [-0.39, 0.29) is 29.9 Å². The first-order chi connectivity index (χ1) is 9.49. The van der Waals surface area contributed by atoms with Crippen molar-refractivity contribution in [2.75, 3.05) is 19.7 Å². The summed E-state index contributed by atoms with van der Waals surface area (Å²) in [4.78, 5) is 14.1. The first kappa shape index (κ1) is 15.1. The highest BCUT2D eigenvalue weighted by atomic mass is 19.2. The van der Waals surface area contributed by atoms with Crippen LogP contribution >= 0.6 is 0 Å². The Kier molecular flexibility index (Phi) is 4.83. The summed E-state index contributed by atoms with van der Waals surface area (Å²) in [6, 6.07) is 3.92. The van der Waals surface area contributed by atoms with E-state index < -0.39 is 11.6 Å². The SMILES string of the molecule is CC1CN(CCC(=O)c2cccc(F)c2F)C(C)CO1. The van der Waals surface area contributed by atoms with Crippen molar-refractivity contribution in [3.8, 4) is 0 Å². The molecule has 0 saturated carbocycles. The zero-order chi connectivity index (χ0) is 14.7. The van der Waals surface area contributed by atoms with Crippen LogP contribution in [0.3, 0.4) is 0 Å². The van der Waals surface area contributed by atoms with Gasteiger partial charge in [0.1, 0.15) is 0 Å². The van der Waals surface area contributed by atoms with E-state index >= 15 is 0 Å². The maximum absolute atomic E-state index is 13.5. The van der Waals surface area contributed by atoms with Crippen molar-refractivity contribution in [1.29, 1.82) is 0 Å². The molecule has 3 nitrogen and oxygen atoms in total. The molecule has 0 amide bonds. The number of ether oxygens (including phenoxy) is 1. The molecule has 1 fully saturated rings. The second kappa shape index (κ2) is 6.41. The highest BCUT2D eigenvalue weighted by molar-refractivity contribution is 5.96. The van der Waals surface area contributed by atoms with Crippen LogP contribution in [0.4, 0.5) is 8.78 Å². The van der Waals surface area contributed by atoms with Crippen LogP contribution in [-0.4, -0.2) is 42.5 Å². The molecule has 2 unspecified atom stereocenters. The van der Waals surface area contributed by atoms with Crippen molar-refractivity contribution in [2.45, 2.75) is 32.4 Å². The molecule has 0 aliphatic carbocycles. The highest BCUT2D eigenvalue weighted by Crippen LogP contribution is 2.16. The molecule has 1 aliphatic heterocycles. The summed E-state index contributed by atoms with van der Waals surface area (Å²) in [6.07, 6.45) is 0.310. The molecule has 1 aromatic rings. The van der Waals surface area contributed by atoms with Crippen molar-refractivity contribution < 1.29 is 18.3 Å². The van der Waals surface area contributed by atoms with Crippen LogP contribution in [0.5, 0.6) is 0 Å². The molecule has 0 spiro atoms. The quantitative estimate of drug-likeness (QED) is 0.796. The standard InChI is InChI=1S/C15H19F2NO2/c1-10-9-20-11(2)8-18(10)7-6-14(19)12-4-3-5-13(16)15(12)17/h3-5,10-11H,6-9H2,1-2H3. The molecule has 5 heteroatoms. The fourth-order valence-corrected chi connectivity index (χ4v) is 2.38. The molecule has 1 saturated heterocycles. The predicted octanol–water partition coefficient (Wildman–Crippen LogP) is 2.65. The molecule has 0 N–H and O–H groups in total. The van der Waals surface area contributed by atoms with E-state index in [0.29, 0.717) is 13.2 Å². The van der Waals surface area contributed by atoms with Gasteiger partial charge in [0, 0.05) is 25.6 Å². The fourth-order valence-electron chi connectivity index (χ4n) is 2.38. The van der Waals surface area contributed by atoms with Gasteiger partial charge in [0.25, 0.3) is 0 Å². The summed E-state index contributed by atoms with van der Waals surface area (Å²) in [5, 5.41) is 0. The minimum absolute atomic E-state index is 0.132. The Morgan fingerprint density at radius 1 is 1.40 bits per heavy atom. The van der Waals surface area contributed by atoms with Gasteiger partial charge in [-0.15, -0.1) is 0 Å². The summed E-state index contributed by atoms with van der Waals surface area (Å²) in [6.45, 7) is 5.92. The topological polar surface area (TPSA) is 29.5 Å². The number of halogens is 2. The van der Waals surface area contributed by atoms with E-state index in [4.69, 9.17) is 4.74 Å². The second-order valence-corrected chi connectivity index (χ2v) is 5.26. The molecular weight excluding hydrogens is 264 g/mol. The molecule has 2 rings (SSSR count). The Morgan fingerprint density at radius 3 is 2.90 bits per heavy atom. The lowest BCUT2D eigenvalue weighted by molar-refractivity contribution is -0.0488. The van der Waals surface area contributed by atoms with Crippen molar-refractivity contribution in [1.82, 2.24) is 4.90 Å². The van der Waals surface area contributed by atoms with Gasteiger partial charge >= 0.3 is 0 Å². The van der Waals surface area contributed by atoms with E-state index in [1.54, 1.807) is 0 Å². The lowest BCUT2D eigenvalue weighted by Crippen LogP contribution is -2.47. The van der Waals surface area contributed by atoms with Crippen molar-refractivity contribution in [3.05, 3.63) is 35.4 Å². The first-order valence-corrected chi connectivity index (χ1v) is 6.82. The number of morpholine rings is 1. The summed E-state index contributed by atoms with van der Waals surface area (Å²) in [5.41, 5.74) is -0.168. The zero-order valence-corrected chi connectivity index (χ0v) is 11.7. The van der Waals surface area contributed by atoms with Crippen LogP contribution in [0.1, 0.15) is 30.6 Å². The number of carbonyl (C=O) groups is 1. The summed E-state index contributed by atoms with van der Waals surface area (Å²) in [7, 11) is 0. The number of hydrogen-bond acceptors (Lipinski definition) is 3. The second-order valence-electron chi connectivity index (χ2n) is 5.26. The third-order valence-corrected chi connectivity index (χ3v) is 3.61. The fraction of sp³-hybridized carbons (Fsp3) is 0.533. The zero-order valence-electron chi connectivity index (χ0n) is 11.7. The van der Waals surface area contributed by atoms with Crippen LogP contribution in [0, 0.1) is 11.6 Å². The van der Waals surface area contributed by atoms with Gasteiger partial charge in [-0.25, -0.2) is 8.78 Å². The summed E-state index contributed by atoms with van der Waals surface area (Å²) >= 11 is 0. The predicted molar refractivity (Wildman–Crippen MR) is 71.8 cm³/mol. The molecule has 20 heavy (non-hydrogen) atoms. The van der Waals surface area contributed by atoms with Gasteiger partial charge in [-0.2, -0.15) is 0 Å². The van der Waals surface area contributed by atoms with Crippen LogP contribution in [0.2, 0.25) is 0 Å². The molecule has 2 atom stereocenters. The number of carbonyl (C=O) groups excluding carboxylic acids is 1. The van der Waals surface area contributed by atoms with Crippen molar-refractivity contribution >= 4 is 5.78 Å². The molecule has 110 valence electrons. The largest absolute Gasteiger partial charge is 0.376 e. The number of rotatable bonds is 4. The Balaban J connectivity index is 1.96. The molecule has 0 bridgehead atoms. The van der Waals surface area contributed by atoms with Crippen LogP contribution in [0.15, 0.2) is 18.2 Å². The molecule has 0 radical (unpaired) electrons. The van der Waals surface area contributed by atoms with Gasteiger partial charge in [-0.1, -0.05) is 6.07 Å². The van der Waals surface area contributed by atoms with Gasteiger partial charge in [0.2, 0.25) is 0 Å². The van der Waals surface area contributed by atoms with E-state index in [9.17, 15) is 13.6 Å². The molecule has 1 aromatic carbocycles. The minimum Gasteiger partial charge on any atom is -0.376 e. The molecule has 0 aromatic heterocycles. The van der Waals surface area contributed by atoms with E-state index in [1.165, 1.54) is 12.1 Å². The Hall–Kier alpha value is -1.33. The Bertz CT molecular complexity index is 493. The number of nitrogens with zero attached hydrogens (tertiary/aromatic N) is 1. The van der Waals surface area contributed by atoms with Crippen LogP contribution in [0.25, 0.3) is 0 Å². The maximum Gasteiger partial charge on any atom is 0.169 e. The van der Waals surface area contributed by atoms with Gasteiger partial charge in [-0.05, 0) is 26.0 Å². The van der Waals surface area contributed by atoms with Crippen molar-refractivity contribution in [3.63, 3.8) is 0 Å². The Morgan fingerprint density at radius 2 is 2.15 bits per heavy atom. The van der Waals surface area contributed by atoms with E-state index in [1.807, 2.05) is 13.8 Å². The van der Waals surface area contributed by atoms with Crippen LogP contribution < -0.4 is 0 Å². The third-order valence-electron chi connectivity index (χ3n) is 3.61. The summed E-state index contributed by atoms with van der Waals surface area (Å²) < 4.78 is 32.1. The van der Waals surface area contributed by atoms with Crippen molar-refractivity contribution in [2.24, 2.45) is 0 Å². The Labute approximate surface area is 117 Å². The molecular formula is C15H19F2NO2. The minimum atomic E-state index is -1.05. The van der Waals surface area contributed by atoms with Gasteiger partial charge < -0.3 is 4.74 Å². The normalized spacial score (nSPS) is 23.8. The first-order valence-electron chi connectivity index (χ1n) is 6.82. The highest BCUT2D eigenvalue weighted by Gasteiger charge is 2.24. The number of hydrogen-bond donors (Lipinski definition) is 0. The van der Waals surface area contributed by atoms with Crippen LogP contribution in [-0.2, 0) is 4.74 Å². The van der Waals surface area contributed by atoms with Gasteiger partial charge in [-0.3, -0.25) is 9.69 Å². The van der Waals surface area contributed by atoms with E-state index in [2.05, 4.69) is 4.90 Å². The smallest absolute Gasteiger partial charge is 0.169 e. The average Bonchev–Trinajstić information content (AvgIpc) is 2.42. The van der Waals surface area contributed by atoms with E-state index in [0.717, 1.165) is 12.6 Å². The number of Topliss-reactive ketones (excluding diaryl/α,β-unsaturated/α-hetero) is 1. The average molecular weight is 283 g/mol. The van der Waals surface area contributed by atoms with Gasteiger partial charge in [0.15, 0.2) is 17.4 Å². The lowest BCUT2D eigenvalue weighted by atomic mass is 10.1. The number of ketones is 1.